The zero-order valence-corrected chi connectivity index (χ0v) is 26.4. The lowest BCUT2D eigenvalue weighted by atomic mass is 9.89. The molecule has 1 saturated heterocycles. The van der Waals surface area contributed by atoms with Gasteiger partial charge < -0.3 is 28.8 Å². The second-order valence-corrected chi connectivity index (χ2v) is 11.8. The van der Waals surface area contributed by atoms with E-state index in [0.717, 1.165) is 27.8 Å². The number of hydrogen-bond acceptors (Lipinski definition) is 6. The molecule has 1 aliphatic heterocycles. The van der Waals surface area contributed by atoms with Gasteiger partial charge >= 0.3 is 0 Å². The van der Waals surface area contributed by atoms with Gasteiger partial charge in [-0.2, -0.15) is 0 Å². The highest BCUT2D eigenvalue weighted by molar-refractivity contribution is 5.21. The van der Waals surface area contributed by atoms with Crippen molar-refractivity contribution in [3.8, 4) is 0 Å². The van der Waals surface area contributed by atoms with E-state index in [4.69, 9.17) is 23.7 Å². The third-order valence-corrected chi connectivity index (χ3v) is 8.37. The van der Waals surface area contributed by atoms with Crippen LogP contribution >= 0.6 is 0 Å². The second-order valence-electron chi connectivity index (χ2n) is 11.8. The van der Waals surface area contributed by atoms with Crippen LogP contribution in [0.25, 0.3) is 0 Å². The van der Waals surface area contributed by atoms with Crippen LogP contribution in [0.5, 0.6) is 0 Å². The Morgan fingerprint density at radius 2 is 0.851 bits per heavy atom. The largest absolute Gasteiger partial charge is 0.386 e. The highest BCUT2D eigenvalue weighted by Gasteiger charge is 2.50. The highest BCUT2D eigenvalue weighted by Crippen LogP contribution is 2.36. The molecule has 1 N–H and O–H groups in total. The van der Waals surface area contributed by atoms with Gasteiger partial charge in [0.1, 0.15) is 36.6 Å². The van der Waals surface area contributed by atoms with Crippen LogP contribution in [-0.4, -0.2) is 42.2 Å². The van der Waals surface area contributed by atoms with Crippen molar-refractivity contribution >= 4 is 0 Å². The van der Waals surface area contributed by atoms with Crippen molar-refractivity contribution in [2.45, 2.75) is 63.1 Å². The van der Waals surface area contributed by atoms with E-state index in [1.807, 2.05) is 152 Å². The summed E-state index contributed by atoms with van der Waals surface area (Å²) in [4.78, 5) is 0. The summed E-state index contributed by atoms with van der Waals surface area (Å²) < 4.78 is 33.3. The predicted molar refractivity (Wildman–Crippen MR) is 181 cm³/mol. The van der Waals surface area contributed by atoms with Gasteiger partial charge in [0.25, 0.3) is 0 Å². The molecular formula is C41H42O6. The van der Waals surface area contributed by atoms with Gasteiger partial charge in [0.2, 0.25) is 0 Å². The van der Waals surface area contributed by atoms with Crippen LogP contribution in [0.15, 0.2) is 152 Å². The monoisotopic (exact) mass is 630 g/mol. The van der Waals surface area contributed by atoms with Crippen LogP contribution in [0, 0.1) is 0 Å². The van der Waals surface area contributed by atoms with Gasteiger partial charge in [-0.15, -0.1) is 0 Å². The fraction of sp³-hybridized carbons (Fsp3) is 0.268. The minimum atomic E-state index is -0.980. The van der Waals surface area contributed by atoms with Crippen LogP contribution in [0.4, 0.5) is 0 Å². The molecule has 6 nitrogen and oxygen atoms in total. The van der Waals surface area contributed by atoms with Crippen LogP contribution in [0.2, 0.25) is 0 Å². The maximum Gasteiger partial charge on any atom is 0.117 e. The van der Waals surface area contributed by atoms with Gasteiger partial charge in [0.05, 0.1) is 33.0 Å². The molecule has 0 aliphatic carbocycles. The summed E-state index contributed by atoms with van der Waals surface area (Å²) in [6.45, 7) is 1.67. The number of aliphatic hydroxyl groups is 1. The minimum absolute atomic E-state index is 0.239. The van der Waals surface area contributed by atoms with Crippen molar-refractivity contribution in [3.05, 3.63) is 179 Å². The van der Waals surface area contributed by atoms with Crippen LogP contribution in [-0.2, 0) is 50.1 Å². The molecule has 0 spiro atoms. The van der Waals surface area contributed by atoms with E-state index in [1.165, 1.54) is 0 Å². The van der Waals surface area contributed by atoms with Crippen LogP contribution in [0.3, 0.4) is 0 Å². The highest BCUT2D eigenvalue weighted by atomic mass is 16.6. The quantitative estimate of drug-likeness (QED) is 0.130. The fourth-order valence-electron chi connectivity index (χ4n) is 5.92. The first-order chi connectivity index (χ1) is 23.2. The van der Waals surface area contributed by atoms with Crippen molar-refractivity contribution in [3.63, 3.8) is 0 Å². The van der Waals surface area contributed by atoms with E-state index in [0.29, 0.717) is 26.4 Å². The van der Waals surface area contributed by atoms with Gasteiger partial charge in [-0.1, -0.05) is 152 Å². The Bertz CT molecular complexity index is 1570. The maximum absolute atomic E-state index is 11.9. The Morgan fingerprint density at radius 1 is 0.468 bits per heavy atom. The molecule has 1 fully saturated rings. The molecule has 6 atom stereocenters. The summed E-state index contributed by atoms with van der Waals surface area (Å²) >= 11 is 0. The topological polar surface area (TPSA) is 66.4 Å². The first-order valence-corrected chi connectivity index (χ1v) is 16.2. The lowest BCUT2D eigenvalue weighted by molar-refractivity contribution is -0.287. The molecule has 0 amide bonds. The third kappa shape index (κ3) is 9.24. The number of hydrogen-bond donors (Lipinski definition) is 1. The van der Waals surface area contributed by atoms with E-state index in [-0.39, 0.29) is 6.61 Å². The van der Waals surface area contributed by atoms with Gasteiger partial charge in [-0.3, -0.25) is 0 Å². The van der Waals surface area contributed by atoms with Crippen molar-refractivity contribution in [2.75, 3.05) is 6.61 Å². The Balaban J connectivity index is 1.34. The summed E-state index contributed by atoms with van der Waals surface area (Å²) in [7, 11) is 0. The summed E-state index contributed by atoms with van der Waals surface area (Å²) in [6, 6.07) is 49.7. The zero-order valence-electron chi connectivity index (χ0n) is 26.4. The summed E-state index contributed by atoms with van der Waals surface area (Å²) in [5, 5.41) is 11.9. The van der Waals surface area contributed by atoms with Gasteiger partial charge in [0, 0.05) is 0 Å². The average molecular weight is 631 g/mol. The number of aliphatic hydroxyl groups excluding tert-OH is 1. The number of rotatable bonds is 15. The minimum Gasteiger partial charge on any atom is -0.386 e. The van der Waals surface area contributed by atoms with Gasteiger partial charge in [0.15, 0.2) is 0 Å². The molecule has 242 valence electrons. The van der Waals surface area contributed by atoms with Crippen molar-refractivity contribution in [2.24, 2.45) is 0 Å². The van der Waals surface area contributed by atoms with E-state index in [1.54, 1.807) is 0 Å². The van der Waals surface area contributed by atoms with Crippen LogP contribution < -0.4 is 0 Å². The SMILES string of the molecule is O[C@H](c1ccccc1)[C@@H]1O[C@H](COCc2ccccc2)[C@@H](OCc2ccccc2)[C@H](OCc2ccccc2)[C@H]1OCc1ccccc1. The average Bonchev–Trinajstić information content (AvgIpc) is 3.14. The molecule has 47 heavy (non-hydrogen) atoms. The molecule has 0 bridgehead atoms. The molecule has 1 heterocycles. The molecule has 5 aromatic rings. The van der Waals surface area contributed by atoms with E-state index >= 15 is 0 Å². The van der Waals surface area contributed by atoms with Gasteiger partial charge in [-0.25, -0.2) is 0 Å². The number of benzene rings is 5. The Kier molecular flexibility index (Phi) is 12.0. The van der Waals surface area contributed by atoms with Gasteiger partial charge in [-0.05, 0) is 27.8 Å². The Labute approximate surface area is 277 Å². The summed E-state index contributed by atoms with van der Waals surface area (Å²) in [6.07, 6.45) is -4.11. The Morgan fingerprint density at radius 3 is 1.32 bits per heavy atom. The smallest absolute Gasteiger partial charge is 0.117 e. The first-order valence-electron chi connectivity index (χ1n) is 16.2. The summed E-state index contributed by atoms with van der Waals surface area (Å²) in [5.74, 6) is 0. The molecule has 5 aromatic carbocycles. The molecule has 6 rings (SSSR count). The zero-order chi connectivity index (χ0) is 32.1. The standard InChI is InChI=1S/C41H42O6/c42-37(35-24-14-5-15-25-35)39-41(46-29-34-22-12-4-13-23-34)40(45-28-33-20-10-3-11-21-33)38(44-27-32-18-8-2-9-19-32)36(47-39)30-43-26-31-16-6-1-7-17-31/h1-25,36-42H,26-30H2/t36-,37-,38-,39+,40+,41+/m1/s1. The normalized spacial score (nSPS) is 21.7. The Hall–Kier alpha value is -4.14. The molecule has 1 aliphatic rings. The van der Waals surface area contributed by atoms with E-state index < -0.39 is 36.6 Å². The molecule has 0 saturated carbocycles. The summed E-state index contributed by atoms with van der Waals surface area (Å²) in [5.41, 5.74) is 4.87. The molecule has 6 heteroatoms. The fourth-order valence-corrected chi connectivity index (χ4v) is 5.92. The maximum atomic E-state index is 11.9. The van der Waals surface area contributed by atoms with E-state index in [2.05, 4.69) is 0 Å². The predicted octanol–water partition coefficient (Wildman–Crippen LogP) is 7.46. The van der Waals surface area contributed by atoms with Crippen molar-refractivity contribution < 1.29 is 28.8 Å². The molecular weight excluding hydrogens is 588 g/mol. The second kappa shape index (κ2) is 17.1. The molecule has 0 aromatic heterocycles. The van der Waals surface area contributed by atoms with Crippen molar-refractivity contribution in [1.29, 1.82) is 0 Å². The first kappa shape index (κ1) is 32.8. The molecule has 0 radical (unpaired) electrons. The van der Waals surface area contributed by atoms with Crippen molar-refractivity contribution in [1.82, 2.24) is 0 Å². The molecule has 0 unspecified atom stereocenters. The van der Waals surface area contributed by atoms with E-state index in [9.17, 15) is 5.11 Å². The third-order valence-electron chi connectivity index (χ3n) is 8.37. The number of ether oxygens (including phenoxy) is 5. The lowest BCUT2D eigenvalue weighted by Crippen LogP contribution is -2.62. The lowest BCUT2D eigenvalue weighted by Gasteiger charge is -2.47. The van der Waals surface area contributed by atoms with Crippen LogP contribution in [0.1, 0.15) is 33.9 Å².